The Hall–Kier alpha value is -4.09. The lowest BCUT2D eigenvalue weighted by Crippen LogP contribution is -2.43. The lowest BCUT2D eigenvalue weighted by atomic mass is 9.94. The quantitative estimate of drug-likeness (QED) is 0.140. The molecule has 7 nitrogen and oxygen atoms in total. The number of anilines is 3. The van der Waals surface area contributed by atoms with Crippen LogP contribution in [-0.4, -0.2) is 48.2 Å². The molecule has 0 spiro atoms. The summed E-state index contributed by atoms with van der Waals surface area (Å²) in [7, 11) is 0. The van der Waals surface area contributed by atoms with Gasteiger partial charge in [-0.3, -0.25) is 14.6 Å². The maximum atomic E-state index is 14.7. The van der Waals surface area contributed by atoms with Crippen LogP contribution in [0, 0.1) is 11.7 Å². The summed E-state index contributed by atoms with van der Waals surface area (Å²) in [5.41, 5.74) is -1.04. The predicted molar refractivity (Wildman–Crippen MR) is 152 cm³/mol. The molecule has 3 heterocycles. The number of aldehydes is 1. The number of Topliss-reactive ketones (excluding diaryl/α,β-unsaturated/α-hetero) is 1. The summed E-state index contributed by atoms with van der Waals surface area (Å²) in [6.07, 6.45) is -0.282. The number of nitrogens with one attached hydrogen (secondary N) is 2. The van der Waals surface area contributed by atoms with Gasteiger partial charge in [0.15, 0.2) is 12.1 Å². The van der Waals surface area contributed by atoms with E-state index in [4.69, 9.17) is 11.6 Å². The van der Waals surface area contributed by atoms with Crippen LogP contribution in [0.1, 0.15) is 39.1 Å². The molecule has 12 heteroatoms. The number of hydrogen-bond donors (Lipinski definition) is 2. The monoisotopic (exact) mass is 597 g/mol. The SMILES string of the molecule is O=Cc1c(F)cc(-c2cc3c(Nc4ccc(N5CCNCC5)nc4)c(C(=O)C4CC4)cnc3cc2C(F)(F)F)cc1Cl. The molecule has 2 aromatic carbocycles. The molecule has 2 aliphatic rings. The molecular formula is C30H24ClF4N5O2. The average molecular weight is 598 g/mol. The molecule has 216 valence electrons. The number of rotatable bonds is 7. The van der Waals surface area contributed by atoms with Crippen molar-refractivity contribution in [1.29, 1.82) is 0 Å². The lowest BCUT2D eigenvalue weighted by Gasteiger charge is -2.28. The van der Waals surface area contributed by atoms with E-state index in [0.29, 0.717) is 5.69 Å². The minimum atomic E-state index is -4.82. The molecule has 0 amide bonds. The number of benzene rings is 2. The van der Waals surface area contributed by atoms with Gasteiger partial charge in [0, 0.05) is 43.7 Å². The molecule has 2 aromatic heterocycles. The molecule has 42 heavy (non-hydrogen) atoms. The number of alkyl halides is 3. The first-order valence-electron chi connectivity index (χ1n) is 13.4. The van der Waals surface area contributed by atoms with Crippen molar-refractivity contribution in [1.82, 2.24) is 15.3 Å². The predicted octanol–water partition coefficient (Wildman–Crippen LogP) is 6.67. The fraction of sp³-hybridized carbons (Fsp3) is 0.267. The number of fused-ring (bicyclic) bond motifs is 1. The zero-order valence-electron chi connectivity index (χ0n) is 22.1. The molecule has 0 bridgehead atoms. The fourth-order valence-electron chi connectivity index (χ4n) is 5.14. The number of carbonyl (C=O) groups excluding carboxylic acids is 2. The Morgan fingerprint density at radius 1 is 1.07 bits per heavy atom. The summed E-state index contributed by atoms with van der Waals surface area (Å²) >= 11 is 6.05. The first-order chi connectivity index (χ1) is 20.1. The second-order valence-electron chi connectivity index (χ2n) is 10.3. The van der Waals surface area contributed by atoms with Crippen LogP contribution in [0.4, 0.5) is 34.8 Å². The Bertz CT molecular complexity index is 1680. The molecule has 1 saturated heterocycles. The van der Waals surface area contributed by atoms with Crippen LogP contribution >= 0.6 is 11.6 Å². The number of hydrogen-bond acceptors (Lipinski definition) is 7. The summed E-state index contributed by atoms with van der Waals surface area (Å²) in [5, 5.41) is 6.40. The van der Waals surface area contributed by atoms with Crippen molar-refractivity contribution in [2.45, 2.75) is 19.0 Å². The van der Waals surface area contributed by atoms with E-state index >= 15 is 0 Å². The Balaban J connectivity index is 1.51. The van der Waals surface area contributed by atoms with E-state index in [1.165, 1.54) is 12.3 Å². The van der Waals surface area contributed by atoms with Crippen LogP contribution < -0.4 is 15.5 Å². The lowest BCUT2D eigenvalue weighted by molar-refractivity contribution is -0.137. The minimum Gasteiger partial charge on any atom is -0.354 e. The number of carbonyl (C=O) groups is 2. The molecule has 1 aliphatic heterocycles. The first-order valence-corrected chi connectivity index (χ1v) is 13.7. The van der Waals surface area contributed by atoms with E-state index in [2.05, 4.69) is 25.5 Å². The second kappa shape index (κ2) is 11.0. The van der Waals surface area contributed by atoms with Crippen molar-refractivity contribution >= 4 is 51.8 Å². The summed E-state index contributed by atoms with van der Waals surface area (Å²) in [5.74, 6) is -0.616. The van der Waals surface area contributed by atoms with E-state index < -0.39 is 23.1 Å². The molecule has 4 aromatic rings. The number of aromatic nitrogens is 2. The van der Waals surface area contributed by atoms with Crippen LogP contribution in [0.25, 0.3) is 22.0 Å². The Morgan fingerprint density at radius 3 is 2.45 bits per heavy atom. The molecule has 1 saturated carbocycles. The standard InChI is InChI=1S/C30H24ClF4N5O2/c31-24-9-17(10-25(32)22(24)15-41)19-11-20-26(12-23(19)30(33,34)35)37-14-21(29(42)16-1-2-16)28(20)39-18-3-4-27(38-13-18)40-7-5-36-6-8-40/h3-4,9-16,36H,1-2,5-8H2,(H,37,39). The van der Waals surface area contributed by atoms with Gasteiger partial charge in [-0.2, -0.15) is 13.2 Å². The van der Waals surface area contributed by atoms with E-state index in [-0.39, 0.29) is 56.3 Å². The van der Waals surface area contributed by atoms with Gasteiger partial charge in [0.25, 0.3) is 0 Å². The van der Waals surface area contributed by atoms with Crippen LogP contribution in [0.2, 0.25) is 5.02 Å². The molecule has 2 fully saturated rings. The number of ketones is 1. The van der Waals surface area contributed by atoms with Crippen molar-refractivity contribution in [3.8, 4) is 11.1 Å². The maximum Gasteiger partial charge on any atom is 0.417 e. The van der Waals surface area contributed by atoms with E-state index in [1.807, 2.05) is 6.07 Å². The second-order valence-corrected chi connectivity index (χ2v) is 10.7. The van der Waals surface area contributed by atoms with Gasteiger partial charge in [-0.25, -0.2) is 9.37 Å². The number of halogens is 5. The molecule has 6 rings (SSSR count). The van der Waals surface area contributed by atoms with Gasteiger partial charge in [0.05, 0.1) is 44.8 Å². The minimum absolute atomic E-state index is 0.0117. The highest BCUT2D eigenvalue weighted by Gasteiger charge is 2.36. The van der Waals surface area contributed by atoms with Crippen molar-refractivity contribution in [2.75, 3.05) is 36.4 Å². The van der Waals surface area contributed by atoms with Gasteiger partial charge in [0.1, 0.15) is 11.6 Å². The smallest absolute Gasteiger partial charge is 0.354 e. The van der Waals surface area contributed by atoms with Crippen LogP contribution in [0.5, 0.6) is 0 Å². The summed E-state index contributed by atoms with van der Waals surface area (Å²) in [4.78, 5) is 35.4. The highest BCUT2D eigenvalue weighted by atomic mass is 35.5. The molecule has 0 atom stereocenters. The number of nitrogens with zero attached hydrogens (tertiary/aromatic N) is 3. The van der Waals surface area contributed by atoms with E-state index in [9.17, 15) is 27.2 Å². The van der Waals surface area contributed by atoms with Crippen LogP contribution in [-0.2, 0) is 6.18 Å². The molecule has 0 unspecified atom stereocenters. The zero-order valence-corrected chi connectivity index (χ0v) is 22.8. The van der Waals surface area contributed by atoms with Crippen molar-refractivity contribution < 1.29 is 27.2 Å². The van der Waals surface area contributed by atoms with Gasteiger partial charge in [0.2, 0.25) is 0 Å². The fourth-order valence-corrected chi connectivity index (χ4v) is 5.39. The summed E-state index contributed by atoms with van der Waals surface area (Å²) in [6, 6.07) is 7.68. The van der Waals surface area contributed by atoms with Crippen LogP contribution in [0.15, 0.2) is 48.8 Å². The van der Waals surface area contributed by atoms with Gasteiger partial charge >= 0.3 is 6.18 Å². The largest absolute Gasteiger partial charge is 0.417 e. The van der Waals surface area contributed by atoms with Gasteiger partial charge in [-0.15, -0.1) is 0 Å². The Morgan fingerprint density at radius 2 is 1.83 bits per heavy atom. The molecule has 1 aliphatic carbocycles. The first kappa shape index (κ1) is 28.0. The van der Waals surface area contributed by atoms with Crippen molar-refractivity contribution in [3.63, 3.8) is 0 Å². The summed E-state index contributed by atoms with van der Waals surface area (Å²) in [6.45, 7) is 3.29. The Labute approximate surface area is 242 Å². The van der Waals surface area contributed by atoms with Crippen LogP contribution in [0.3, 0.4) is 0 Å². The third-order valence-corrected chi connectivity index (χ3v) is 7.81. The number of piperazine rings is 1. The van der Waals surface area contributed by atoms with E-state index in [0.717, 1.165) is 63.0 Å². The highest BCUT2D eigenvalue weighted by Crippen LogP contribution is 2.44. The molecular weight excluding hydrogens is 574 g/mol. The Kier molecular flexibility index (Phi) is 7.32. The number of pyridine rings is 2. The average Bonchev–Trinajstić information content (AvgIpc) is 3.82. The van der Waals surface area contributed by atoms with Gasteiger partial charge in [-0.1, -0.05) is 11.6 Å². The normalized spacial score (nSPS) is 15.6. The van der Waals surface area contributed by atoms with Gasteiger partial charge < -0.3 is 15.5 Å². The zero-order chi connectivity index (χ0) is 29.6. The van der Waals surface area contributed by atoms with Crippen molar-refractivity contribution in [3.05, 3.63) is 76.3 Å². The van der Waals surface area contributed by atoms with Gasteiger partial charge in [-0.05, 0) is 60.4 Å². The highest BCUT2D eigenvalue weighted by molar-refractivity contribution is 6.33. The van der Waals surface area contributed by atoms with E-state index in [1.54, 1.807) is 12.3 Å². The molecule has 2 N–H and O–H groups in total. The van der Waals surface area contributed by atoms with Crippen molar-refractivity contribution in [2.24, 2.45) is 5.92 Å². The third kappa shape index (κ3) is 5.41. The molecule has 0 radical (unpaired) electrons. The topological polar surface area (TPSA) is 87.2 Å². The third-order valence-electron chi connectivity index (χ3n) is 7.49. The summed E-state index contributed by atoms with van der Waals surface area (Å²) < 4.78 is 57.5. The maximum absolute atomic E-state index is 14.7.